The Kier molecular flexibility index (Phi) is 1.76. The van der Waals surface area contributed by atoms with E-state index in [4.69, 9.17) is 15.1 Å². The monoisotopic (exact) mass is 240 g/mol. The Morgan fingerprint density at radius 2 is 2.06 bits per heavy atom. The van der Waals surface area contributed by atoms with Crippen molar-refractivity contribution in [3.8, 4) is 0 Å². The van der Waals surface area contributed by atoms with Crippen molar-refractivity contribution in [2.24, 2.45) is 0 Å². The van der Waals surface area contributed by atoms with Gasteiger partial charge in [0.2, 0.25) is 5.56 Å². The van der Waals surface area contributed by atoms with Gasteiger partial charge >= 0.3 is 29.6 Å². The number of pyridine rings is 1. The van der Waals surface area contributed by atoms with E-state index < -0.39 is 53.7 Å². The molecule has 82 valence electrons. The molecule has 0 saturated heterocycles. The molecule has 0 amide bonds. The summed E-state index contributed by atoms with van der Waals surface area (Å²) < 4.78 is 87.0. The second-order valence-corrected chi connectivity index (χ2v) is 3.05. The van der Waals surface area contributed by atoms with E-state index in [0.717, 1.165) is 12.1 Å². The maximum absolute atomic E-state index is 12.2. The maximum Gasteiger partial charge on any atom is 1.00 e. The Balaban J connectivity index is 0.00000364. The van der Waals surface area contributed by atoms with Gasteiger partial charge in [0.1, 0.15) is 0 Å². The summed E-state index contributed by atoms with van der Waals surface area (Å²) in [5.41, 5.74) is -2.32. The molecule has 0 aliphatic heterocycles. The molecular formula is C12H16NNaO2. The molecular weight excluding hydrogens is 213 g/mol. The zero-order chi connectivity index (χ0) is 20.7. The molecule has 1 aromatic heterocycles. The molecule has 0 aromatic carbocycles. The van der Waals surface area contributed by atoms with Gasteiger partial charge in [-0.05, 0) is 37.2 Å². The first kappa shape index (κ1) is 4.79. The fourth-order valence-corrected chi connectivity index (χ4v) is 1.24. The van der Waals surface area contributed by atoms with Crippen LogP contribution in [0.1, 0.15) is 64.1 Å². The summed E-state index contributed by atoms with van der Waals surface area (Å²) in [4.78, 5) is 11.8. The van der Waals surface area contributed by atoms with Crippen LogP contribution in [0, 0.1) is 12.1 Å². The van der Waals surface area contributed by atoms with Crippen molar-refractivity contribution in [1.82, 2.24) is 4.73 Å². The molecule has 0 bridgehead atoms. The molecule has 1 heterocycles. The molecule has 1 saturated carbocycles. The van der Waals surface area contributed by atoms with Crippen LogP contribution in [0.5, 0.6) is 0 Å². The standard InChI is InChI=1S/C12H16NO2.Na/c1-9-7-11(13(15)12(14)8-9)10-5-3-2-4-6-10;/h7-8,10H,2-6H2,1H3;/q-1;+1/i2D2,3D2,4D2,5D2,6D2,10D;. The fourth-order valence-electron chi connectivity index (χ4n) is 1.24. The van der Waals surface area contributed by atoms with Gasteiger partial charge in [0, 0.05) is 26.8 Å². The third-order valence-electron chi connectivity index (χ3n) is 1.89. The number of nitrogens with zero attached hydrogens (tertiary/aromatic N) is 1. The summed E-state index contributed by atoms with van der Waals surface area (Å²) in [5, 5.41) is 12.2. The minimum absolute atomic E-state index is 0. The van der Waals surface area contributed by atoms with Gasteiger partial charge in [0.05, 0.1) is 0 Å². The van der Waals surface area contributed by atoms with Crippen molar-refractivity contribution >= 4 is 0 Å². The number of aromatic nitrogens is 1. The van der Waals surface area contributed by atoms with E-state index in [1.807, 2.05) is 0 Å². The van der Waals surface area contributed by atoms with E-state index in [2.05, 4.69) is 0 Å². The van der Waals surface area contributed by atoms with Crippen molar-refractivity contribution in [1.29, 1.82) is 0 Å². The Morgan fingerprint density at radius 3 is 2.69 bits per heavy atom. The van der Waals surface area contributed by atoms with Gasteiger partial charge in [-0.25, -0.2) is 0 Å². The van der Waals surface area contributed by atoms with E-state index in [9.17, 15) is 10.0 Å². The van der Waals surface area contributed by atoms with Crippen molar-refractivity contribution in [2.75, 3.05) is 0 Å². The minimum Gasteiger partial charge on any atom is -0.803 e. The molecule has 16 heavy (non-hydrogen) atoms. The normalized spacial score (nSPS) is 44.7. The second-order valence-electron chi connectivity index (χ2n) is 3.05. The van der Waals surface area contributed by atoms with Crippen LogP contribution in [-0.4, -0.2) is 4.73 Å². The zero-order valence-electron chi connectivity index (χ0n) is 19.9. The van der Waals surface area contributed by atoms with Gasteiger partial charge in [-0.2, -0.15) is 0 Å². The van der Waals surface area contributed by atoms with Crippen molar-refractivity contribution in [2.45, 2.75) is 44.7 Å². The molecule has 1 aliphatic carbocycles. The zero-order valence-corrected chi connectivity index (χ0v) is 10.9. The van der Waals surface area contributed by atoms with Crippen LogP contribution >= 0.6 is 0 Å². The first-order valence-corrected chi connectivity index (χ1v) is 4.24. The molecule has 4 heteroatoms. The third-order valence-corrected chi connectivity index (χ3v) is 1.89. The predicted molar refractivity (Wildman–Crippen MR) is 60.0 cm³/mol. The van der Waals surface area contributed by atoms with Crippen LogP contribution < -0.4 is 35.1 Å². The van der Waals surface area contributed by atoms with Crippen LogP contribution in [0.2, 0.25) is 0 Å². The molecule has 2 rings (SSSR count). The number of rotatable bonds is 1. The van der Waals surface area contributed by atoms with E-state index in [-0.39, 0.29) is 35.1 Å². The predicted octanol–water partition coefficient (Wildman–Crippen LogP) is -0.446. The Labute approximate surface area is 133 Å². The minimum atomic E-state index is -3.72. The van der Waals surface area contributed by atoms with Crippen molar-refractivity contribution in [3.05, 3.63) is 39.0 Å². The molecule has 1 fully saturated rings. The molecule has 0 unspecified atom stereocenters. The van der Waals surface area contributed by atoms with Gasteiger partial charge in [-0.15, -0.1) is 0 Å². The molecule has 0 N–H and O–H groups in total. The SMILES string of the molecule is [2H]C1([2H])C([2H])([2H])C([2H])([2H])C([2H])(c2cc(C)cc(=O)n2[O-])C([2H])([2H])C1([2H])[2H].[Na+]. The molecule has 0 spiro atoms. The topological polar surface area (TPSA) is 45.1 Å². The second kappa shape index (κ2) is 5.89. The van der Waals surface area contributed by atoms with Crippen LogP contribution in [0.4, 0.5) is 0 Å². The Bertz CT molecular complexity index is 790. The average molecular weight is 240 g/mol. The summed E-state index contributed by atoms with van der Waals surface area (Å²) in [5.74, 6) is -3.56. The average Bonchev–Trinajstić information content (AvgIpc) is 2.47. The molecule has 1 aliphatic rings. The van der Waals surface area contributed by atoms with Crippen LogP contribution in [-0.2, 0) is 0 Å². The summed E-state index contributed by atoms with van der Waals surface area (Å²) in [6.45, 7) is 1.31. The first-order chi connectivity index (χ1) is 11.3. The van der Waals surface area contributed by atoms with E-state index in [1.54, 1.807) is 0 Å². The van der Waals surface area contributed by atoms with Crippen LogP contribution in [0.25, 0.3) is 0 Å². The summed E-state index contributed by atoms with van der Waals surface area (Å²) >= 11 is 0. The quantitative estimate of drug-likeness (QED) is 0.624. The van der Waals surface area contributed by atoms with Gasteiger partial charge in [-0.3, -0.25) is 4.79 Å². The summed E-state index contributed by atoms with van der Waals surface area (Å²) in [6, 6.07) is 1.65. The molecule has 1 aromatic rings. The number of hydrogen-bond donors (Lipinski definition) is 0. The molecule has 0 radical (unpaired) electrons. The Morgan fingerprint density at radius 1 is 1.44 bits per heavy atom. The van der Waals surface area contributed by atoms with E-state index in [0.29, 0.717) is 0 Å². The Hall–Kier alpha value is -0.250. The van der Waals surface area contributed by atoms with Gasteiger partial charge in [0.25, 0.3) is 0 Å². The van der Waals surface area contributed by atoms with Crippen molar-refractivity contribution in [3.63, 3.8) is 0 Å². The largest absolute Gasteiger partial charge is 1.00 e. The fraction of sp³-hybridized carbons (Fsp3) is 0.583. The summed E-state index contributed by atoms with van der Waals surface area (Å²) in [7, 11) is 0. The molecule has 3 nitrogen and oxygen atoms in total. The van der Waals surface area contributed by atoms with E-state index >= 15 is 0 Å². The van der Waals surface area contributed by atoms with Crippen molar-refractivity contribution < 1.29 is 44.6 Å². The molecule has 0 atom stereocenters. The first-order valence-electron chi connectivity index (χ1n) is 9.74. The number of aryl methyl sites for hydroxylation is 1. The van der Waals surface area contributed by atoms with Crippen LogP contribution in [0.3, 0.4) is 0 Å². The van der Waals surface area contributed by atoms with Gasteiger partial charge in [-0.1, -0.05) is 19.1 Å². The van der Waals surface area contributed by atoms with Crippen LogP contribution in [0.15, 0.2) is 16.9 Å². The third kappa shape index (κ3) is 2.90. The van der Waals surface area contributed by atoms with Gasteiger partial charge in [0.15, 0.2) is 0 Å². The van der Waals surface area contributed by atoms with Gasteiger partial charge < -0.3 is 9.94 Å². The van der Waals surface area contributed by atoms with E-state index in [1.165, 1.54) is 6.92 Å². The smallest absolute Gasteiger partial charge is 0.803 e. The number of hydrogen-bond acceptors (Lipinski definition) is 2. The summed E-state index contributed by atoms with van der Waals surface area (Å²) in [6.07, 6.45) is -18.5. The maximum atomic E-state index is 12.2.